The first-order valence-corrected chi connectivity index (χ1v) is 12.1. The van der Waals surface area contributed by atoms with Crippen LogP contribution in [0.3, 0.4) is 0 Å². The molecule has 0 aromatic carbocycles. The van der Waals surface area contributed by atoms with Crippen LogP contribution in [0.1, 0.15) is 83.1 Å². The summed E-state index contributed by atoms with van der Waals surface area (Å²) in [6, 6.07) is 0. The SMILES string of the molecule is CC(C)(C)C(=O)OC[C@@H](O)[C@@H]1O[C@H](OC(=O)C(C)(C)C)[C@H](OC(=O)C(C)(C)C)[C@H]1OC(=O)C(C)(C)C. The van der Waals surface area contributed by atoms with Crippen molar-refractivity contribution in [2.75, 3.05) is 6.61 Å². The number of esters is 4. The highest BCUT2D eigenvalue weighted by atomic mass is 16.8. The first-order chi connectivity index (χ1) is 16.0. The van der Waals surface area contributed by atoms with E-state index in [-0.39, 0.29) is 0 Å². The van der Waals surface area contributed by atoms with E-state index in [1.54, 1.807) is 83.1 Å². The molecule has 0 aliphatic carbocycles. The van der Waals surface area contributed by atoms with Gasteiger partial charge in [-0.15, -0.1) is 0 Å². The van der Waals surface area contributed by atoms with Crippen molar-refractivity contribution in [3.05, 3.63) is 0 Å². The van der Waals surface area contributed by atoms with Gasteiger partial charge in [-0.05, 0) is 83.1 Å². The zero-order valence-corrected chi connectivity index (χ0v) is 23.7. The second-order valence-corrected chi connectivity index (χ2v) is 13.3. The molecule has 0 aromatic rings. The van der Waals surface area contributed by atoms with Crippen LogP contribution in [0.5, 0.6) is 0 Å². The lowest BCUT2D eigenvalue weighted by Crippen LogP contribution is -2.48. The summed E-state index contributed by atoms with van der Waals surface area (Å²) in [5, 5.41) is 10.9. The summed E-state index contributed by atoms with van der Waals surface area (Å²) in [6.07, 6.45) is -6.99. The van der Waals surface area contributed by atoms with Crippen molar-refractivity contribution in [1.82, 2.24) is 0 Å². The Bertz CT molecular complexity index is 820. The number of hydrogen-bond acceptors (Lipinski definition) is 10. The molecule has 0 aromatic heterocycles. The molecule has 1 heterocycles. The van der Waals surface area contributed by atoms with Crippen LogP contribution in [-0.4, -0.2) is 66.3 Å². The molecule has 1 saturated heterocycles. The molecule has 0 bridgehead atoms. The molecular formula is C26H44O10. The summed E-state index contributed by atoms with van der Waals surface area (Å²) in [4.78, 5) is 50.5. The first kappa shape index (κ1) is 31.8. The third-order valence-corrected chi connectivity index (χ3v) is 5.13. The number of ether oxygens (including phenoxy) is 5. The van der Waals surface area contributed by atoms with Crippen LogP contribution in [0.15, 0.2) is 0 Å². The predicted molar refractivity (Wildman–Crippen MR) is 129 cm³/mol. The largest absolute Gasteiger partial charge is 0.462 e. The predicted octanol–water partition coefficient (Wildman–Crippen LogP) is 3.17. The fourth-order valence-electron chi connectivity index (χ4n) is 2.67. The minimum absolute atomic E-state index is 0.482. The molecule has 0 radical (unpaired) electrons. The average Bonchev–Trinajstić information content (AvgIpc) is 2.99. The first-order valence-electron chi connectivity index (χ1n) is 12.1. The summed E-state index contributed by atoms with van der Waals surface area (Å²) in [5.74, 6) is -2.52. The van der Waals surface area contributed by atoms with E-state index in [1.807, 2.05) is 0 Å². The summed E-state index contributed by atoms with van der Waals surface area (Å²) >= 11 is 0. The van der Waals surface area contributed by atoms with Crippen molar-refractivity contribution in [3.8, 4) is 0 Å². The van der Waals surface area contributed by atoms with Crippen LogP contribution in [0, 0.1) is 21.7 Å². The van der Waals surface area contributed by atoms with E-state index in [1.165, 1.54) is 0 Å². The lowest BCUT2D eigenvalue weighted by Gasteiger charge is -2.30. The third kappa shape index (κ3) is 8.73. The Kier molecular flexibility index (Phi) is 9.77. The quantitative estimate of drug-likeness (QED) is 0.414. The van der Waals surface area contributed by atoms with Gasteiger partial charge in [-0.1, -0.05) is 0 Å². The highest BCUT2D eigenvalue weighted by Gasteiger charge is 2.56. The van der Waals surface area contributed by atoms with Gasteiger partial charge in [0.05, 0.1) is 21.7 Å². The molecule has 1 rings (SSSR count). The maximum Gasteiger partial charge on any atom is 0.313 e. The minimum Gasteiger partial charge on any atom is -0.462 e. The number of rotatable bonds is 6. The van der Waals surface area contributed by atoms with Gasteiger partial charge in [-0.2, -0.15) is 0 Å². The van der Waals surface area contributed by atoms with E-state index in [4.69, 9.17) is 23.7 Å². The van der Waals surface area contributed by atoms with Crippen LogP contribution in [0.25, 0.3) is 0 Å². The normalized spacial score (nSPS) is 24.0. The standard InChI is InChI=1S/C26H44O10/c1-23(2,3)19(28)32-13-14(27)15-16(34-20(29)24(4,5)6)17(35-21(30)25(7,8)9)18(33-15)36-22(31)26(10,11)12/h14-18,27H,13H2,1-12H3/t14-,15+,16+,17-,18-/m1/s1. The number of carbonyl (C=O) groups is 4. The maximum absolute atomic E-state index is 12.8. The summed E-state index contributed by atoms with van der Waals surface area (Å²) in [5.41, 5.74) is -3.61. The van der Waals surface area contributed by atoms with E-state index < -0.39 is 82.8 Å². The van der Waals surface area contributed by atoms with Crippen LogP contribution < -0.4 is 0 Å². The molecule has 0 amide bonds. The Labute approximate surface area is 214 Å². The van der Waals surface area contributed by atoms with Gasteiger partial charge in [-0.3, -0.25) is 19.2 Å². The number of aliphatic hydroxyl groups excluding tert-OH is 1. The topological polar surface area (TPSA) is 135 Å². The van der Waals surface area contributed by atoms with Crippen molar-refractivity contribution in [3.63, 3.8) is 0 Å². The molecule has 1 N–H and O–H groups in total. The maximum atomic E-state index is 12.8. The van der Waals surface area contributed by atoms with E-state index in [0.717, 1.165) is 0 Å². The van der Waals surface area contributed by atoms with Gasteiger partial charge in [0.25, 0.3) is 0 Å². The fourth-order valence-corrected chi connectivity index (χ4v) is 2.67. The van der Waals surface area contributed by atoms with Crippen LogP contribution in [0.2, 0.25) is 0 Å². The van der Waals surface area contributed by atoms with Crippen molar-refractivity contribution in [2.24, 2.45) is 21.7 Å². The average molecular weight is 517 g/mol. The highest BCUT2D eigenvalue weighted by Crippen LogP contribution is 2.34. The Morgan fingerprint density at radius 2 is 1.00 bits per heavy atom. The Morgan fingerprint density at radius 3 is 1.39 bits per heavy atom. The molecule has 208 valence electrons. The Morgan fingerprint density at radius 1 is 0.639 bits per heavy atom. The van der Waals surface area contributed by atoms with Gasteiger partial charge in [-0.25, -0.2) is 0 Å². The second kappa shape index (κ2) is 11.0. The molecule has 10 nitrogen and oxygen atoms in total. The summed E-state index contributed by atoms with van der Waals surface area (Å²) in [7, 11) is 0. The van der Waals surface area contributed by atoms with E-state index in [0.29, 0.717) is 0 Å². The lowest BCUT2D eigenvalue weighted by atomic mass is 9.96. The molecule has 0 unspecified atom stereocenters. The van der Waals surface area contributed by atoms with Gasteiger partial charge in [0.2, 0.25) is 12.4 Å². The van der Waals surface area contributed by atoms with Gasteiger partial charge < -0.3 is 28.8 Å². The molecule has 36 heavy (non-hydrogen) atoms. The van der Waals surface area contributed by atoms with Gasteiger partial charge >= 0.3 is 23.9 Å². The number of carbonyl (C=O) groups excluding carboxylic acids is 4. The van der Waals surface area contributed by atoms with E-state index in [2.05, 4.69) is 0 Å². The van der Waals surface area contributed by atoms with Crippen molar-refractivity contribution >= 4 is 23.9 Å². The Hall–Kier alpha value is -2.20. The molecule has 0 saturated carbocycles. The smallest absolute Gasteiger partial charge is 0.313 e. The molecule has 0 spiro atoms. The molecule has 1 aliphatic heterocycles. The van der Waals surface area contributed by atoms with Crippen LogP contribution in [0.4, 0.5) is 0 Å². The molecular weight excluding hydrogens is 472 g/mol. The van der Waals surface area contributed by atoms with Crippen LogP contribution >= 0.6 is 0 Å². The number of aliphatic hydroxyl groups is 1. The monoisotopic (exact) mass is 516 g/mol. The van der Waals surface area contributed by atoms with Crippen molar-refractivity contribution < 1.29 is 48.0 Å². The Balaban J connectivity index is 3.39. The van der Waals surface area contributed by atoms with Crippen molar-refractivity contribution in [2.45, 2.75) is 114 Å². The zero-order valence-electron chi connectivity index (χ0n) is 23.7. The fraction of sp³-hybridized carbons (Fsp3) is 0.846. The number of hydrogen-bond donors (Lipinski definition) is 1. The minimum atomic E-state index is -1.48. The van der Waals surface area contributed by atoms with Gasteiger partial charge in [0, 0.05) is 0 Å². The molecule has 1 fully saturated rings. The molecule has 5 atom stereocenters. The summed E-state index contributed by atoms with van der Waals surface area (Å²) in [6.45, 7) is 19.2. The van der Waals surface area contributed by atoms with E-state index in [9.17, 15) is 24.3 Å². The molecule has 1 aliphatic rings. The zero-order chi connectivity index (χ0) is 28.4. The van der Waals surface area contributed by atoms with Crippen molar-refractivity contribution in [1.29, 1.82) is 0 Å². The van der Waals surface area contributed by atoms with Crippen LogP contribution in [-0.2, 0) is 42.9 Å². The third-order valence-electron chi connectivity index (χ3n) is 5.13. The molecule has 10 heteroatoms. The van der Waals surface area contributed by atoms with E-state index >= 15 is 0 Å². The second-order valence-electron chi connectivity index (χ2n) is 13.3. The van der Waals surface area contributed by atoms with Gasteiger partial charge in [0.15, 0.2) is 6.10 Å². The summed E-state index contributed by atoms with van der Waals surface area (Å²) < 4.78 is 27.9. The lowest BCUT2D eigenvalue weighted by molar-refractivity contribution is -0.210. The highest BCUT2D eigenvalue weighted by molar-refractivity contribution is 5.78. The van der Waals surface area contributed by atoms with Gasteiger partial charge in [0.1, 0.15) is 18.8 Å².